The lowest BCUT2D eigenvalue weighted by molar-refractivity contribution is -0.146. The number of benzene rings is 1. The maximum absolute atomic E-state index is 12.7. The number of nitrogens with one attached hydrogen (secondary N) is 2. The van der Waals surface area contributed by atoms with Gasteiger partial charge in [0, 0.05) is 12.5 Å². The number of nitrogens with zero attached hydrogens (tertiary/aromatic N) is 1. The molecule has 1 aromatic carbocycles. The van der Waals surface area contributed by atoms with E-state index in [0.29, 0.717) is 36.7 Å². The highest BCUT2D eigenvalue weighted by Gasteiger charge is 2.30. The van der Waals surface area contributed by atoms with Crippen molar-refractivity contribution < 1.29 is 14.3 Å². The Kier molecular flexibility index (Phi) is 7.30. The summed E-state index contributed by atoms with van der Waals surface area (Å²) in [6, 6.07) is 6.34. The first-order valence-electron chi connectivity index (χ1n) is 10.9. The van der Waals surface area contributed by atoms with Crippen LogP contribution in [0.15, 0.2) is 33.9 Å². The second kappa shape index (κ2) is 9.94. The van der Waals surface area contributed by atoms with Crippen LogP contribution in [0.2, 0.25) is 0 Å². The summed E-state index contributed by atoms with van der Waals surface area (Å²) >= 11 is 0. The first kappa shape index (κ1) is 22.8. The van der Waals surface area contributed by atoms with Crippen molar-refractivity contribution in [2.75, 3.05) is 7.11 Å². The number of aromatic amines is 1. The molecule has 1 aromatic heterocycles. The minimum absolute atomic E-state index is 0.129. The number of hydrogen-bond donors (Lipinski definition) is 2. The Hall–Kier alpha value is -2.90. The third-order valence-corrected chi connectivity index (χ3v) is 6.06. The molecule has 1 saturated carbocycles. The highest BCUT2D eigenvalue weighted by Crippen LogP contribution is 2.30. The van der Waals surface area contributed by atoms with Crippen molar-refractivity contribution in [2.24, 2.45) is 17.8 Å². The van der Waals surface area contributed by atoms with Gasteiger partial charge in [0.25, 0.3) is 5.56 Å². The van der Waals surface area contributed by atoms with Gasteiger partial charge in [0.15, 0.2) is 0 Å². The van der Waals surface area contributed by atoms with Crippen LogP contribution in [0.3, 0.4) is 0 Å². The quantitative estimate of drug-likeness (QED) is 0.656. The summed E-state index contributed by atoms with van der Waals surface area (Å²) in [5, 5.41) is 3.34. The van der Waals surface area contributed by atoms with E-state index in [-0.39, 0.29) is 29.2 Å². The monoisotopic (exact) mass is 429 g/mol. The SMILES string of the molecule is COC(=O)[C@H](CC(C)C)NC(=O)C1CCC(Cn2c(=O)[nH]c3ccccc3c2=O)CC1. The zero-order chi connectivity index (χ0) is 22.5. The second-order valence-corrected chi connectivity index (χ2v) is 8.82. The molecule has 31 heavy (non-hydrogen) atoms. The Balaban J connectivity index is 1.61. The Morgan fingerprint density at radius 2 is 1.84 bits per heavy atom. The van der Waals surface area contributed by atoms with E-state index in [1.54, 1.807) is 24.3 Å². The third kappa shape index (κ3) is 5.42. The van der Waals surface area contributed by atoms with E-state index in [1.807, 2.05) is 13.8 Å². The van der Waals surface area contributed by atoms with Gasteiger partial charge in [-0.05, 0) is 56.1 Å². The Morgan fingerprint density at radius 1 is 1.16 bits per heavy atom. The van der Waals surface area contributed by atoms with E-state index < -0.39 is 17.7 Å². The number of methoxy groups -OCH3 is 1. The minimum atomic E-state index is -0.634. The van der Waals surface area contributed by atoms with Gasteiger partial charge in [0.1, 0.15) is 6.04 Å². The fraction of sp³-hybridized carbons (Fsp3) is 0.565. The molecule has 0 saturated heterocycles. The highest BCUT2D eigenvalue weighted by atomic mass is 16.5. The largest absolute Gasteiger partial charge is 0.467 e. The van der Waals surface area contributed by atoms with Crippen LogP contribution < -0.4 is 16.6 Å². The summed E-state index contributed by atoms with van der Waals surface area (Å²) in [5.41, 5.74) is -0.150. The summed E-state index contributed by atoms with van der Waals surface area (Å²) in [6.45, 7) is 4.32. The number of ether oxygens (including phenoxy) is 1. The topological polar surface area (TPSA) is 110 Å². The maximum Gasteiger partial charge on any atom is 0.328 e. The van der Waals surface area contributed by atoms with Crippen molar-refractivity contribution in [3.8, 4) is 0 Å². The number of H-pyrrole nitrogens is 1. The second-order valence-electron chi connectivity index (χ2n) is 8.82. The van der Waals surface area contributed by atoms with Crippen LogP contribution in [0.5, 0.6) is 0 Å². The van der Waals surface area contributed by atoms with Crippen molar-refractivity contribution in [1.29, 1.82) is 0 Å². The summed E-state index contributed by atoms with van der Waals surface area (Å²) in [4.78, 5) is 52.6. The summed E-state index contributed by atoms with van der Waals surface area (Å²) in [6.07, 6.45) is 3.33. The molecular formula is C23H31N3O5. The lowest BCUT2D eigenvalue weighted by Gasteiger charge is -2.29. The molecule has 8 heteroatoms. The number of para-hydroxylation sites is 1. The number of carbonyl (C=O) groups excluding carboxylic acids is 2. The number of fused-ring (bicyclic) bond motifs is 1. The highest BCUT2D eigenvalue weighted by molar-refractivity contribution is 5.85. The van der Waals surface area contributed by atoms with Crippen LogP contribution in [0.4, 0.5) is 0 Å². The van der Waals surface area contributed by atoms with Crippen LogP contribution in [0.25, 0.3) is 10.9 Å². The zero-order valence-corrected chi connectivity index (χ0v) is 18.3. The molecule has 0 spiro atoms. The van der Waals surface area contributed by atoms with Gasteiger partial charge < -0.3 is 15.0 Å². The Morgan fingerprint density at radius 3 is 2.48 bits per heavy atom. The van der Waals surface area contributed by atoms with Crippen molar-refractivity contribution in [1.82, 2.24) is 14.9 Å². The zero-order valence-electron chi connectivity index (χ0n) is 18.3. The molecule has 8 nitrogen and oxygen atoms in total. The fourth-order valence-corrected chi connectivity index (χ4v) is 4.35. The Bertz CT molecular complexity index is 1050. The lowest BCUT2D eigenvalue weighted by atomic mass is 9.81. The number of amides is 1. The van der Waals surface area contributed by atoms with E-state index in [9.17, 15) is 19.2 Å². The van der Waals surface area contributed by atoms with E-state index in [0.717, 1.165) is 12.8 Å². The van der Waals surface area contributed by atoms with Crippen LogP contribution in [0, 0.1) is 17.8 Å². The molecule has 1 fully saturated rings. The number of rotatable bonds is 7. The Labute approximate surface area is 181 Å². The van der Waals surface area contributed by atoms with Gasteiger partial charge in [-0.1, -0.05) is 26.0 Å². The molecule has 1 aliphatic rings. The molecule has 0 unspecified atom stereocenters. The van der Waals surface area contributed by atoms with Gasteiger partial charge >= 0.3 is 11.7 Å². The number of aromatic nitrogens is 2. The standard InChI is InChI=1S/C23H31N3O5/c1-14(2)12-19(22(29)31-3)24-20(27)16-10-8-15(9-11-16)13-26-21(28)17-6-4-5-7-18(17)25-23(26)30/h4-7,14-16,19H,8-13H2,1-3H3,(H,24,27)(H,25,30)/t15?,16?,19-/m0/s1. The predicted octanol–water partition coefficient (Wildman–Crippen LogP) is 2.20. The van der Waals surface area contributed by atoms with E-state index in [2.05, 4.69) is 10.3 Å². The van der Waals surface area contributed by atoms with Crippen LogP contribution >= 0.6 is 0 Å². The molecule has 1 amide bonds. The van der Waals surface area contributed by atoms with Crippen LogP contribution in [-0.4, -0.2) is 34.6 Å². The molecular weight excluding hydrogens is 398 g/mol. The summed E-state index contributed by atoms with van der Waals surface area (Å²) in [7, 11) is 1.32. The van der Waals surface area contributed by atoms with Gasteiger partial charge in [-0.2, -0.15) is 0 Å². The van der Waals surface area contributed by atoms with Gasteiger partial charge in [0.05, 0.1) is 18.0 Å². The van der Waals surface area contributed by atoms with E-state index >= 15 is 0 Å². The number of carbonyl (C=O) groups is 2. The molecule has 2 N–H and O–H groups in total. The van der Waals surface area contributed by atoms with Crippen molar-refractivity contribution in [3.63, 3.8) is 0 Å². The van der Waals surface area contributed by atoms with Crippen LogP contribution in [0.1, 0.15) is 46.0 Å². The van der Waals surface area contributed by atoms with Crippen molar-refractivity contribution >= 4 is 22.8 Å². The maximum atomic E-state index is 12.7. The first-order chi connectivity index (χ1) is 14.8. The molecule has 2 aromatic rings. The normalized spacial score (nSPS) is 19.9. The average molecular weight is 430 g/mol. The number of esters is 1. The predicted molar refractivity (Wildman–Crippen MR) is 118 cm³/mol. The summed E-state index contributed by atoms with van der Waals surface area (Å²) < 4.78 is 6.09. The smallest absolute Gasteiger partial charge is 0.328 e. The average Bonchev–Trinajstić information content (AvgIpc) is 2.75. The molecule has 1 atom stereocenters. The molecule has 0 aliphatic heterocycles. The molecule has 0 radical (unpaired) electrons. The van der Waals surface area contributed by atoms with Crippen LogP contribution in [-0.2, 0) is 20.9 Å². The van der Waals surface area contributed by atoms with Gasteiger partial charge in [0.2, 0.25) is 5.91 Å². The van der Waals surface area contributed by atoms with Crippen molar-refractivity contribution in [2.45, 2.75) is 58.5 Å². The minimum Gasteiger partial charge on any atom is -0.467 e. The molecule has 0 bridgehead atoms. The lowest BCUT2D eigenvalue weighted by Crippen LogP contribution is -2.45. The van der Waals surface area contributed by atoms with Gasteiger partial charge in [-0.15, -0.1) is 0 Å². The number of hydrogen-bond acceptors (Lipinski definition) is 5. The molecule has 1 aliphatic carbocycles. The van der Waals surface area contributed by atoms with Gasteiger partial charge in [-0.25, -0.2) is 9.59 Å². The van der Waals surface area contributed by atoms with Gasteiger partial charge in [-0.3, -0.25) is 14.2 Å². The first-order valence-corrected chi connectivity index (χ1v) is 10.9. The van der Waals surface area contributed by atoms with E-state index in [1.165, 1.54) is 11.7 Å². The third-order valence-electron chi connectivity index (χ3n) is 6.06. The van der Waals surface area contributed by atoms with E-state index in [4.69, 9.17) is 4.74 Å². The fourth-order valence-electron chi connectivity index (χ4n) is 4.35. The summed E-state index contributed by atoms with van der Waals surface area (Å²) in [5.74, 6) is -0.336. The van der Waals surface area contributed by atoms with Crippen molar-refractivity contribution in [3.05, 3.63) is 45.1 Å². The molecule has 3 rings (SSSR count). The molecule has 1 heterocycles. The molecule has 168 valence electrons.